The summed E-state index contributed by atoms with van der Waals surface area (Å²) in [6.07, 6.45) is 6.37. The van der Waals surface area contributed by atoms with Gasteiger partial charge in [-0.25, -0.2) is 4.68 Å². The highest BCUT2D eigenvalue weighted by atomic mass is 16.2. The highest BCUT2D eigenvalue weighted by Crippen LogP contribution is 2.37. The summed E-state index contributed by atoms with van der Waals surface area (Å²) in [5.41, 5.74) is 7.32. The molecule has 1 amide bonds. The Labute approximate surface area is 124 Å². The van der Waals surface area contributed by atoms with Crippen LogP contribution in [0.15, 0.2) is 42.7 Å². The number of carbonyl (C=O) groups excluding carboxylic acids is 1. The fraction of sp³-hybridized carbons (Fsp3) is 0.375. The van der Waals surface area contributed by atoms with Crippen LogP contribution in [0.25, 0.3) is 5.69 Å². The van der Waals surface area contributed by atoms with Gasteiger partial charge in [-0.15, -0.1) is 0 Å². The molecule has 1 saturated carbocycles. The first kappa shape index (κ1) is 13.8. The quantitative estimate of drug-likeness (QED) is 0.908. The zero-order chi connectivity index (χ0) is 14.9. The van der Waals surface area contributed by atoms with E-state index < -0.39 is 5.41 Å². The molecule has 21 heavy (non-hydrogen) atoms. The number of amides is 1. The molecular weight excluding hydrogens is 264 g/mol. The van der Waals surface area contributed by atoms with Gasteiger partial charge in [0.15, 0.2) is 0 Å². The van der Waals surface area contributed by atoms with Crippen LogP contribution in [0.3, 0.4) is 0 Å². The predicted molar refractivity (Wildman–Crippen MR) is 82.1 cm³/mol. The van der Waals surface area contributed by atoms with Crippen LogP contribution in [0.1, 0.15) is 26.2 Å². The standard InChI is InChI=1S/C16H20N4O/c1-16(8-3-7-14(16)17)15(21)19-12-5-2-6-13(11-12)20-10-4-9-18-20/h2,4-6,9-11,14H,3,7-8,17H2,1H3,(H,19,21). The molecule has 0 radical (unpaired) electrons. The summed E-state index contributed by atoms with van der Waals surface area (Å²) >= 11 is 0. The summed E-state index contributed by atoms with van der Waals surface area (Å²) in [5, 5.41) is 7.19. The van der Waals surface area contributed by atoms with Crippen molar-refractivity contribution in [3.8, 4) is 5.69 Å². The minimum absolute atomic E-state index is 0.00474. The largest absolute Gasteiger partial charge is 0.327 e. The average molecular weight is 284 g/mol. The third-order valence-corrected chi connectivity index (χ3v) is 4.42. The summed E-state index contributed by atoms with van der Waals surface area (Å²) in [6, 6.07) is 9.45. The van der Waals surface area contributed by atoms with E-state index in [1.165, 1.54) is 0 Å². The van der Waals surface area contributed by atoms with E-state index in [4.69, 9.17) is 5.73 Å². The first-order valence-electron chi connectivity index (χ1n) is 7.27. The molecule has 5 nitrogen and oxygen atoms in total. The predicted octanol–water partition coefficient (Wildman–Crippen LogP) is 2.33. The molecular formula is C16H20N4O. The monoisotopic (exact) mass is 284 g/mol. The number of nitrogens with one attached hydrogen (secondary N) is 1. The summed E-state index contributed by atoms with van der Waals surface area (Å²) in [6.45, 7) is 1.96. The van der Waals surface area contributed by atoms with Gasteiger partial charge in [0.1, 0.15) is 0 Å². The second-order valence-electron chi connectivity index (χ2n) is 5.87. The molecule has 0 saturated heterocycles. The van der Waals surface area contributed by atoms with Crippen LogP contribution in [0.4, 0.5) is 5.69 Å². The van der Waals surface area contributed by atoms with E-state index in [1.54, 1.807) is 10.9 Å². The normalized spacial score (nSPS) is 25.0. The molecule has 2 unspecified atom stereocenters. The van der Waals surface area contributed by atoms with E-state index in [1.807, 2.05) is 43.5 Å². The van der Waals surface area contributed by atoms with Crippen LogP contribution in [-0.2, 0) is 4.79 Å². The van der Waals surface area contributed by atoms with Crippen molar-refractivity contribution < 1.29 is 4.79 Å². The fourth-order valence-electron chi connectivity index (χ4n) is 2.90. The fourth-order valence-corrected chi connectivity index (χ4v) is 2.90. The maximum atomic E-state index is 12.5. The van der Waals surface area contributed by atoms with Crippen molar-refractivity contribution in [3.05, 3.63) is 42.7 Å². The first-order chi connectivity index (χ1) is 10.1. The summed E-state index contributed by atoms with van der Waals surface area (Å²) in [7, 11) is 0. The van der Waals surface area contributed by atoms with E-state index >= 15 is 0 Å². The van der Waals surface area contributed by atoms with Crippen LogP contribution in [0.2, 0.25) is 0 Å². The van der Waals surface area contributed by atoms with Gasteiger partial charge < -0.3 is 11.1 Å². The highest BCUT2D eigenvalue weighted by molar-refractivity contribution is 5.96. The van der Waals surface area contributed by atoms with Gasteiger partial charge in [-0.3, -0.25) is 4.79 Å². The van der Waals surface area contributed by atoms with E-state index in [0.29, 0.717) is 0 Å². The van der Waals surface area contributed by atoms with Crippen LogP contribution >= 0.6 is 0 Å². The molecule has 2 atom stereocenters. The summed E-state index contributed by atoms with van der Waals surface area (Å²) in [4.78, 5) is 12.5. The van der Waals surface area contributed by atoms with Crippen LogP contribution < -0.4 is 11.1 Å². The van der Waals surface area contributed by atoms with Crippen LogP contribution in [0.5, 0.6) is 0 Å². The zero-order valence-electron chi connectivity index (χ0n) is 12.1. The molecule has 1 heterocycles. The number of nitrogens with zero attached hydrogens (tertiary/aromatic N) is 2. The topological polar surface area (TPSA) is 72.9 Å². The Kier molecular flexibility index (Phi) is 3.51. The SMILES string of the molecule is CC1(C(=O)Nc2cccc(-n3cccn3)c2)CCCC1N. The van der Waals surface area contributed by atoms with Crippen molar-refractivity contribution in [1.82, 2.24) is 9.78 Å². The molecule has 1 aliphatic rings. The molecule has 3 N–H and O–H groups in total. The summed E-state index contributed by atoms with van der Waals surface area (Å²) < 4.78 is 1.76. The Balaban J connectivity index is 1.79. The lowest BCUT2D eigenvalue weighted by molar-refractivity contribution is -0.125. The molecule has 5 heteroatoms. The van der Waals surface area contributed by atoms with Gasteiger partial charge in [0.05, 0.1) is 11.1 Å². The van der Waals surface area contributed by atoms with Crippen molar-refractivity contribution >= 4 is 11.6 Å². The van der Waals surface area contributed by atoms with Crippen molar-refractivity contribution in [2.24, 2.45) is 11.1 Å². The highest BCUT2D eigenvalue weighted by Gasteiger charge is 2.42. The van der Waals surface area contributed by atoms with Gasteiger partial charge >= 0.3 is 0 Å². The van der Waals surface area contributed by atoms with Gasteiger partial charge in [-0.1, -0.05) is 12.5 Å². The lowest BCUT2D eigenvalue weighted by Gasteiger charge is -2.27. The molecule has 1 aromatic heterocycles. The minimum atomic E-state index is -0.471. The van der Waals surface area contributed by atoms with Crippen molar-refractivity contribution in [1.29, 1.82) is 0 Å². The second-order valence-corrected chi connectivity index (χ2v) is 5.87. The molecule has 1 aliphatic carbocycles. The number of carbonyl (C=O) groups is 1. The molecule has 3 rings (SSSR count). The maximum Gasteiger partial charge on any atom is 0.231 e. The molecule has 1 aromatic carbocycles. The lowest BCUT2D eigenvalue weighted by atomic mass is 9.84. The number of aromatic nitrogens is 2. The number of hydrogen-bond donors (Lipinski definition) is 2. The maximum absolute atomic E-state index is 12.5. The van der Waals surface area contributed by atoms with Gasteiger partial charge in [0.25, 0.3) is 0 Å². The number of anilines is 1. The Morgan fingerprint density at radius 1 is 1.48 bits per heavy atom. The molecule has 0 aliphatic heterocycles. The Morgan fingerprint density at radius 3 is 3.00 bits per heavy atom. The summed E-state index contributed by atoms with van der Waals surface area (Å²) in [5.74, 6) is 0.00474. The van der Waals surface area contributed by atoms with E-state index in [2.05, 4.69) is 10.4 Å². The number of benzene rings is 1. The van der Waals surface area contributed by atoms with Crippen molar-refractivity contribution in [2.45, 2.75) is 32.2 Å². The average Bonchev–Trinajstić information content (AvgIpc) is 3.11. The third-order valence-electron chi connectivity index (χ3n) is 4.42. The van der Waals surface area contributed by atoms with E-state index in [-0.39, 0.29) is 11.9 Å². The smallest absolute Gasteiger partial charge is 0.231 e. The van der Waals surface area contributed by atoms with Gasteiger partial charge in [-0.2, -0.15) is 5.10 Å². The number of nitrogens with two attached hydrogens (primary N) is 1. The first-order valence-corrected chi connectivity index (χ1v) is 7.27. The molecule has 2 aromatic rings. The third kappa shape index (κ3) is 2.56. The lowest BCUT2D eigenvalue weighted by Crippen LogP contribution is -2.44. The van der Waals surface area contributed by atoms with Gasteiger partial charge in [-0.05, 0) is 44.0 Å². The Morgan fingerprint density at radius 2 is 2.33 bits per heavy atom. The Bertz CT molecular complexity index is 637. The zero-order valence-corrected chi connectivity index (χ0v) is 12.1. The van der Waals surface area contributed by atoms with Crippen molar-refractivity contribution in [2.75, 3.05) is 5.32 Å². The van der Waals surface area contributed by atoms with Crippen LogP contribution in [0, 0.1) is 5.41 Å². The second kappa shape index (κ2) is 5.33. The molecule has 0 spiro atoms. The van der Waals surface area contributed by atoms with Gasteiger partial charge in [0.2, 0.25) is 5.91 Å². The molecule has 1 fully saturated rings. The number of hydrogen-bond acceptors (Lipinski definition) is 3. The van der Waals surface area contributed by atoms with E-state index in [0.717, 1.165) is 30.6 Å². The van der Waals surface area contributed by atoms with E-state index in [9.17, 15) is 4.79 Å². The van der Waals surface area contributed by atoms with Crippen molar-refractivity contribution in [3.63, 3.8) is 0 Å². The minimum Gasteiger partial charge on any atom is -0.327 e. The number of rotatable bonds is 3. The molecule has 0 bridgehead atoms. The van der Waals surface area contributed by atoms with Crippen LogP contribution in [-0.4, -0.2) is 21.7 Å². The molecule has 110 valence electrons. The van der Waals surface area contributed by atoms with Gasteiger partial charge in [0, 0.05) is 24.1 Å². The Hall–Kier alpha value is -2.14.